The van der Waals surface area contributed by atoms with E-state index in [9.17, 15) is 9.90 Å². The number of nitrogen functional groups attached to an aromatic ring is 1. The molecule has 0 bridgehead atoms. The molecule has 7 nitrogen and oxygen atoms in total. The molecule has 4 heterocycles. The SMILES string of the molecule is C=C(CN1Cc2c(-c3ccc4[nH]nc(-c5cccs5)c4c3)ccc(N)c2C1=O)c1ccnc(CO)c1. The number of aliphatic hydroxyl groups excluding tert-OH is 1. The molecule has 1 aliphatic heterocycles. The summed E-state index contributed by atoms with van der Waals surface area (Å²) in [6.45, 7) is 4.82. The summed E-state index contributed by atoms with van der Waals surface area (Å²) in [5.41, 5.74) is 14.3. The molecule has 36 heavy (non-hydrogen) atoms. The zero-order valence-electron chi connectivity index (χ0n) is 19.4. The van der Waals surface area contributed by atoms with E-state index >= 15 is 0 Å². The Hall–Kier alpha value is -4.27. The van der Waals surface area contributed by atoms with Gasteiger partial charge < -0.3 is 15.7 Å². The number of benzene rings is 2. The van der Waals surface area contributed by atoms with E-state index in [0.717, 1.165) is 49.3 Å². The highest BCUT2D eigenvalue weighted by molar-refractivity contribution is 7.13. The number of anilines is 1. The summed E-state index contributed by atoms with van der Waals surface area (Å²) in [5, 5.41) is 20.1. The number of aromatic amines is 1. The van der Waals surface area contributed by atoms with Crippen molar-refractivity contribution in [3.05, 3.63) is 95.1 Å². The number of hydrogen-bond acceptors (Lipinski definition) is 6. The predicted octanol–water partition coefficient (Wildman–Crippen LogP) is 5.10. The molecule has 2 aromatic carbocycles. The van der Waals surface area contributed by atoms with Crippen molar-refractivity contribution in [2.45, 2.75) is 13.2 Å². The molecule has 6 rings (SSSR count). The fourth-order valence-electron chi connectivity index (χ4n) is 4.79. The number of aromatic nitrogens is 3. The molecule has 0 spiro atoms. The van der Waals surface area contributed by atoms with Crippen molar-refractivity contribution in [2.75, 3.05) is 12.3 Å². The Morgan fingerprint density at radius 3 is 2.89 bits per heavy atom. The molecule has 0 unspecified atom stereocenters. The molecule has 5 aromatic rings. The molecule has 8 heteroatoms. The number of rotatable bonds is 6. The number of aliphatic hydroxyl groups is 1. The summed E-state index contributed by atoms with van der Waals surface area (Å²) in [6, 6.07) is 17.7. The molecular formula is C28H23N5O2S. The average Bonchev–Trinajstić information content (AvgIpc) is 3.64. The summed E-state index contributed by atoms with van der Waals surface area (Å²) >= 11 is 1.65. The Kier molecular flexibility index (Phi) is 5.40. The van der Waals surface area contributed by atoms with Gasteiger partial charge in [-0.25, -0.2) is 0 Å². The van der Waals surface area contributed by atoms with Crippen LogP contribution in [0.3, 0.4) is 0 Å². The summed E-state index contributed by atoms with van der Waals surface area (Å²) in [6.07, 6.45) is 1.64. The zero-order chi connectivity index (χ0) is 24.8. The number of nitrogens with zero attached hydrogens (tertiary/aromatic N) is 3. The highest BCUT2D eigenvalue weighted by Crippen LogP contribution is 2.39. The van der Waals surface area contributed by atoms with Gasteiger partial charge in [-0.3, -0.25) is 14.9 Å². The van der Waals surface area contributed by atoms with Gasteiger partial charge in [0.2, 0.25) is 0 Å². The van der Waals surface area contributed by atoms with Crippen LogP contribution in [0, 0.1) is 0 Å². The second kappa shape index (κ2) is 8.75. The van der Waals surface area contributed by atoms with E-state index in [-0.39, 0.29) is 12.5 Å². The number of nitrogens with two attached hydrogens (primary N) is 1. The van der Waals surface area contributed by atoms with Crippen LogP contribution in [-0.2, 0) is 13.2 Å². The third-order valence-corrected chi connectivity index (χ3v) is 7.47. The van der Waals surface area contributed by atoms with Gasteiger partial charge in [0, 0.05) is 30.4 Å². The standard InChI is InChI=1S/C28H23N5O2S/c1-16(17-8-9-30-19(11-17)15-34)13-33-14-22-20(5-6-23(29)26(22)28(33)35)18-4-7-24-21(12-18)27(32-31-24)25-3-2-10-36-25/h2-12,34H,1,13-15,29H2,(H,31,32). The molecule has 4 N–H and O–H groups in total. The van der Waals surface area contributed by atoms with Crippen LogP contribution in [0.5, 0.6) is 0 Å². The fraction of sp³-hybridized carbons (Fsp3) is 0.107. The molecule has 0 atom stereocenters. The first-order valence-electron chi connectivity index (χ1n) is 11.5. The minimum absolute atomic E-state index is 0.106. The van der Waals surface area contributed by atoms with E-state index in [1.165, 1.54) is 0 Å². The molecule has 0 saturated carbocycles. The number of thiophene rings is 1. The number of pyridine rings is 1. The first-order chi connectivity index (χ1) is 17.5. The normalized spacial score (nSPS) is 12.9. The smallest absolute Gasteiger partial charge is 0.256 e. The number of H-pyrrole nitrogens is 1. The van der Waals surface area contributed by atoms with Gasteiger partial charge in [-0.15, -0.1) is 11.3 Å². The number of carbonyl (C=O) groups is 1. The molecule has 178 valence electrons. The Morgan fingerprint density at radius 2 is 2.08 bits per heavy atom. The van der Waals surface area contributed by atoms with Crippen molar-refractivity contribution < 1.29 is 9.90 Å². The molecule has 0 fully saturated rings. The van der Waals surface area contributed by atoms with Gasteiger partial charge in [-0.05, 0) is 69.6 Å². The summed E-state index contributed by atoms with van der Waals surface area (Å²) in [7, 11) is 0. The molecule has 1 amide bonds. The van der Waals surface area contributed by atoms with Gasteiger partial charge >= 0.3 is 0 Å². The number of hydrogen-bond donors (Lipinski definition) is 3. The van der Waals surface area contributed by atoms with Crippen molar-refractivity contribution in [1.29, 1.82) is 0 Å². The van der Waals surface area contributed by atoms with E-state index in [4.69, 9.17) is 5.73 Å². The summed E-state index contributed by atoms with van der Waals surface area (Å²) < 4.78 is 0. The summed E-state index contributed by atoms with van der Waals surface area (Å²) in [4.78, 5) is 20.4. The van der Waals surface area contributed by atoms with Crippen LogP contribution in [0.15, 0.2) is 72.8 Å². The third-order valence-electron chi connectivity index (χ3n) is 6.59. The van der Waals surface area contributed by atoms with Crippen molar-refractivity contribution >= 4 is 39.4 Å². The predicted molar refractivity (Wildman–Crippen MR) is 143 cm³/mol. The third kappa shape index (κ3) is 3.67. The largest absolute Gasteiger partial charge is 0.398 e. The van der Waals surface area contributed by atoms with Gasteiger partial charge in [0.15, 0.2) is 0 Å². The quantitative estimate of drug-likeness (QED) is 0.285. The van der Waals surface area contributed by atoms with E-state index in [0.29, 0.717) is 30.0 Å². The minimum atomic E-state index is -0.149. The second-order valence-electron chi connectivity index (χ2n) is 8.82. The van der Waals surface area contributed by atoms with Gasteiger partial charge in [0.1, 0.15) is 5.69 Å². The van der Waals surface area contributed by atoms with Crippen molar-refractivity contribution in [3.8, 4) is 21.7 Å². The van der Waals surface area contributed by atoms with Crippen LogP contribution in [0.1, 0.15) is 27.2 Å². The average molecular weight is 494 g/mol. The topological polar surface area (TPSA) is 108 Å². The molecular weight excluding hydrogens is 470 g/mol. The minimum Gasteiger partial charge on any atom is -0.398 e. The summed E-state index contributed by atoms with van der Waals surface area (Å²) in [5.74, 6) is -0.106. The van der Waals surface area contributed by atoms with Crippen LogP contribution in [0.25, 0.3) is 38.2 Å². The van der Waals surface area contributed by atoms with E-state index in [2.05, 4.69) is 33.9 Å². The Labute approximate surface area is 211 Å². The lowest BCUT2D eigenvalue weighted by molar-refractivity contribution is 0.0800. The fourth-order valence-corrected chi connectivity index (χ4v) is 5.52. The lowest BCUT2D eigenvalue weighted by Gasteiger charge is -2.18. The maximum absolute atomic E-state index is 13.4. The lowest BCUT2D eigenvalue weighted by Crippen LogP contribution is -2.26. The molecule has 1 aliphatic rings. The van der Waals surface area contributed by atoms with Crippen LogP contribution < -0.4 is 5.73 Å². The second-order valence-corrected chi connectivity index (χ2v) is 9.77. The number of carbonyl (C=O) groups excluding carboxylic acids is 1. The van der Waals surface area contributed by atoms with Gasteiger partial charge in [-0.2, -0.15) is 5.10 Å². The van der Waals surface area contributed by atoms with Crippen molar-refractivity contribution in [2.24, 2.45) is 0 Å². The van der Waals surface area contributed by atoms with Crippen LogP contribution in [-0.4, -0.2) is 37.6 Å². The molecule has 0 radical (unpaired) electrons. The highest BCUT2D eigenvalue weighted by atomic mass is 32.1. The Morgan fingerprint density at radius 1 is 1.19 bits per heavy atom. The monoisotopic (exact) mass is 493 g/mol. The number of amides is 1. The first-order valence-corrected chi connectivity index (χ1v) is 12.4. The van der Waals surface area contributed by atoms with E-state index < -0.39 is 0 Å². The zero-order valence-corrected chi connectivity index (χ0v) is 20.2. The Balaban J connectivity index is 1.36. The number of nitrogens with one attached hydrogen (secondary N) is 1. The maximum atomic E-state index is 13.4. The first kappa shape index (κ1) is 22.2. The maximum Gasteiger partial charge on any atom is 0.256 e. The van der Waals surface area contributed by atoms with Gasteiger partial charge in [0.25, 0.3) is 5.91 Å². The van der Waals surface area contributed by atoms with Crippen LogP contribution in [0.4, 0.5) is 5.69 Å². The van der Waals surface area contributed by atoms with Crippen LogP contribution in [0.2, 0.25) is 0 Å². The van der Waals surface area contributed by atoms with E-state index in [1.807, 2.05) is 35.7 Å². The Bertz CT molecular complexity index is 1640. The molecule has 0 saturated heterocycles. The van der Waals surface area contributed by atoms with Crippen molar-refractivity contribution in [1.82, 2.24) is 20.1 Å². The van der Waals surface area contributed by atoms with Gasteiger partial charge in [0.05, 0.1) is 28.3 Å². The highest BCUT2D eigenvalue weighted by Gasteiger charge is 2.32. The van der Waals surface area contributed by atoms with E-state index in [1.54, 1.807) is 34.6 Å². The van der Waals surface area contributed by atoms with Crippen LogP contribution >= 0.6 is 11.3 Å². The lowest BCUT2D eigenvalue weighted by atomic mass is 9.94. The number of fused-ring (bicyclic) bond motifs is 2. The van der Waals surface area contributed by atoms with Crippen molar-refractivity contribution in [3.63, 3.8) is 0 Å². The van der Waals surface area contributed by atoms with Gasteiger partial charge in [-0.1, -0.05) is 24.8 Å². The molecule has 0 aliphatic carbocycles. The molecule has 3 aromatic heterocycles.